The van der Waals surface area contributed by atoms with Crippen LogP contribution in [0.15, 0.2) is 95.6 Å². The van der Waals surface area contributed by atoms with Gasteiger partial charge in [0.15, 0.2) is 0 Å². The molecule has 0 bridgehead atoms. The predicted molar refractivity (Wildman–Crippen MR) is 181 cm³/mol. The Labute approximate surface area is 279 Å². The molecule has 0 fully saturated rings. The van der Waals surface area contributed by atoms with Gasteiger partial charge in [0.25, 0.3) is 0 Å². The highest BCUT2D eigenvalue weighted by molar-refractivity contribution is 9.10. The van der Waals surface area contributed by atoms with Gasteiger partial charge in [0.05, 0.1) is 31.2 Å². The SMILES string of the molecule is COc1ccc(N(C)C[C@H](Cc2cc(F)cc(F)c2)NC(=O)CN(C(=O)Cc2c[nH]c3ccc(Br)cc23)c2ccc(C#N)cc2)cc1. The van der Waals surface area contributed by atoms with Crippen LogP contribution in [0.4, 0.5) is 20.2 Å². The molecule has 240 valence electrons. The van der Waals surface area contributed by atoms with E-state index in [1.807, 2.05) is 54.4 Å². The number of halogens is 3. The molecular formula is C36H32BrF2N5O3. The van der Waals surface area contributed by atoms with Gasteiger partial charge >= 0.3 is 0 Å². The summed E-state index contributed by atoms with van der Waals surface area (Å²) in [6.45, 7) is -0.0255. The van der Waals surface area contributed by atoms with E-state index in [0.29, 0.717) is 29.1 Å². The van der Waals surface area contributed by atoms with Gasteiger partial charge in [-0.2, -0.15) is 5.26 Å². The molecule has 1 heterocycles. The standard InChI is InChI=1S/C36H32BrF2N5O3/c1-43(30-8-10-32(47-2)11-9-30)21-29(15-24-13-27(38)18-28(39)14-24)42-35(45)22-44(31-6-3-23(19-40)4-7-31)36(46)16-25-20-41-34-12-5-26(37)17-33(25)34/h3-14,17-18,20,29,41H,15-16,21-22H2,1-2H3,(H,42,45)/t29-/m0/s1. The van der Waals surface area contributed by atoms with Crippen LogP contribution in [0.25, 0.3) is 10.9 Å². The fourth-order valence-electron chi connectivity index (χ4n) is 5.46. The number of nitrogens with one attached hydrogen (secondary N) is 2. The molecule has 11 heteroatoms. The Kier molecular flexibility index (Phi) is 10.5. The summed E-state index contributed by atoms with van der Waals surface area (Å²) >= 11 is 3.48. The normalized spacial score (nSPS) is 11.5. The minimum Gasteiger partial charge on any atom is -0.497 e. The number of benzene rings is 4. The number of nitrogens with zero attached hydrogens (tertiary/aromatic N) is 3. The summed E-state index contributed by atoms with van der Waals surface area (Å²) in [5, 5.41) is 13.2. The topological polar surface area (TPSA) is 101 Å². The number of carbonyl (C=O) groups is 2. The highest BCUT2D eigenvalue weighted by Crippen LogP contribution is 2.25. The highest BCUT2D eigenvalue weighted by Gasteiger charge is 2.24. The lowest BCUT2D eigenvalue weighted by Gasteiger charge is -2.28. The second kappa shape index (κ2) is 14.9. The van der Waals surface area contributed by atoms with Gasteiger partial charge in [0, 0.05) is 52.6 Å². The number of nitriles is 1. The Morgan fingerprint density at radius 3 is 2.32 bits per heavy atom. The van der Waals surface area contributed by atoms with Crippen molar-refractivity contribution in [2.45, 2.75) is 18.9 Å². The first-order chi connectivity index (χ1) is 22.6. The van der Waals surface area contributed by atoms with Crippen LogP contribution < -0.4 is 19.9 Å². The number of hydrogen-bond donors (Lipinski definition) is 2. The van der Waals surface area contributed by atoms with Crippen molar-refractivity contribution >= 4 is 50.0 Å². The van der Waals surface area contributed by atoms with Gasteiger partial charge in [-0.05, 0) is 96.4 Å². The van der Waals surface area contributed by atoms with Crippen LogP contribution in [0, 0.1) is 23.0 Å². The van der Waals surface area contributed by atoms with E-state index in [4.69, 9.17) is 4.74 Å². The maximum absolute atomic E-state index is 14.1. The van der Waals surface area contributed by atoms with Gasteiger partial charge in [0.2, 0.25) is 11.8 Å². The van der Waals surface area contributed by atoms with Crippen molar-refractivity contribution in [2.75, 3.05) is 37.0 Å². The largest absolute Gasteiger partial charge is 0.497 e. The second-order valence-corrected chi connectivity index (χ2v) is 12.1. The van der Waals surface area contributed by atoms with Crippen molar-refractivity contribution in [3.63, 3.8) is 0 Å². The van der Waals surface area contributed by atoms with Crippen LogP contribution in [0.2, 0.25) is 0 Å². The van der Waals surface area contributed by atoms with Crippen LogP contribution >= 0.6 is 15.9 Å². The van der Waals surface area contributed by atoms with Gasteiger partial charge in [-0.1, -0.05) is 15.9 Å². The van der Waals surface area contributed by atoms with Crippen LogP contribution in [0.1, 0.15) is 16.7 Å². The molecule has 4 aromatic carbocycles. The molecule has 5 aromatic rings. The predicted octanol–water partition coefficient (Wildman–Crippen LogP) is 6.53. The van der Waals surface area contributed by atoms with Crippen molar-refractivity contribution in [3.8, 4) is 11.8 Å². The molecule has 0 spiro atoms. The van der Waals surface area contributed by atoms with E-state index in [2.05, 4.69) is 32.3 Å². The summed E-state index contributed by atoms with van der Waals surface area (Å²) in [6, 6.07) is 24.3. The second-order valence-electron chi connectivity index (χ2n) is 11.1. The van der Waals surface area contributed by atoms with E-state index in [9.17, 15) is 23.6 Å². The first-order valence-corrected chi connectivity index (χ1v) is 15.6. The summed E-state index contributed by atoms with van der Waals surface area (Å²) < 4.78 is 34.3. The van der Waals surface area contributed by atoms with Gasteiger partial charge in [-0.15, -0.1) is 0 Å². The number of likely N-dealkylation sites (N-methyl/N-ethyl adjacent to an activating group) is 1. The molecule has 5 rings (SSSR count). The Morgan fingerprint density at radius 1 is 0.979 bits per heavy atom. The zero-order valence-corrected chi connectivity index (χ0v) is 27.4. The molecule has 0 aliphatic rings. The molecular weight excluding hydrogens is 668 g/mol. The molecule has 0 unspecified atom stereocenters. The van der Waals surface area contributed by atoms with E-state index in [-0.39, 0.29) is 25.3 Å². The average molecular weight is 701 g/mol. The average Bonchev–Trinajstić information content (AvgIpc) is 3.44. The number of H-pyrrole nitrogens is 1. The van der Waals surface area contributed by atoms with E-state index in [1.165, 1.54) is 17.0 Å². The van der Waals surface area contributed by atoms with Crippen molar-refractivity contribution in [1.29, 1.82) is 5.26 Å². The minimum atomic E-state index is -0.713. The maximum atomic E-state index is 14.1. The third-order valence-electron chi connectivity index (χ3n) is 7.76. The number of aromatic nitrogens is 1. The lowest BCUT2D eigenvalue weighted by atomic mass is 10.0. The molecule has 2 N–H and O–H groups in total. The molecule has 0 aliphatic carbocycles. The number of methoxy groups -OCH3 is 1. The summed E-state index contributed by atoms with van der Waals surface area (Å²) in [5.74, 6) is -1.53. The van der Waals surface area contributed by atoms with Gasteiger partial charge in [-0.3, -0.25) is 9.59 Å². The quantitative estimate of drug-likeness (QED) is 0.154. The number of carbonyl (C=O) groups excluding carboxylic acids is 2. The zero-order chi connectivity index (χ0) is 33.5. The Morgan fingerprint density at radius 2 is 1.66 bits per heavy atom. The minimum absolute atomic E-state index is 0.00986. The Bertz CT molecular complexity index is 1900. The number of aromatic amines is 1. The van der Waals surface area contributed by atoms with Crippen LogP contribution in [-0.4, -0.2) is 50.1 Å². The number of fused-ring (bicyclic) bond motifs is 1. The fraction of sp³-hybridized carbons (Fsp3) is 0.194. The first-order valence-electron chi connectivity index (χ1n) is 14.8. The molecule has 0 saturated heterocycles. The first kappa shape index (κ1) is 33.2. The smallest absolute Gasteiger partial charge is 0.240 e. The molecule has 0 radical (unpaired) electrons. The molecule has 1 atom stereocenters. The molecule has 0 aliphatic heterocycles. The lowest BCUT2D eigenvalue weighted by molar-refractivity contribution is -0.124. The number of ether oxygens (including phenoxy) is 1. The van der Waals surface area contributed by atoms with Crippen molar-refractivity contribution in [1.82, 2.24) is 10.3 Å². The monoisotopic (exact) mass is 699 g/mol. The molecule has 0 saturated carbocycles. The van der Waals surface area contributed by atoms with Crippen molar-refractivity contribution in [2.24, 2.45) is 0 Å². The highest BCUT2D eigenvalue weighted by atomic mass is 79.9. The third kappa shape index (κ3) is 8.54. The zero-order valence-electron chi connectivity index (χ0n) is 25.8. The number of anilines is 2. The van der Waals surface area contributed by atoms with E-state index in [1.54, 1.807) is 37.6 Å². The van der Waals surface area contributed by atoms with Gasteiger partial charge < -0.3 is 24.8 Å². The summed E-state index contributed by atoms with van der Waals surface area (Å²) in [6.07, 6.45) is 1.92. The van der Waals surface area contributed by atoms with E-state index < -0.39 is 23.6 Å². The van der Waals surface area contributed by atoms with Crippen LogP contribution in [0.3, 0.4) is 0 Å². The molecule has 2 amide bonds. The van der Waals surface area contributed by atoms with Crippen LogP contribution in [-0.2, 0) is 22.4 Å². The van der Waals surface area contributed by atoms with Gasteiger partial charge in [0.1, 0.15) is 23.9 Å². The molecule has 1 aromatic heterocycles. The van der Waals surface area contributed by atoms with E-state index >= 15 is 0 Å². The van der Waals surface area contributed by atoms with Crippen molar-refractivity contribution < 1.29 is 23.1 Å². The number of amides is 2. The maximum Gasteiger partial charge on any atom is 0.240 e. The lowest BCUT2D eigenvalue weighted by Crippen LogP contribution is -2.49. The summed E-state index contributed by atoms with van der Waals surface area (Å²) in [5.41, 5.74) is 3.71. The van der Waals surface area contributed by atoms with Crippen molar-refractivity contribution in [3.05, 3.63) is 124 Å². The molecule has 47 heavy (non-hydrogen) atoms. The fourth-order valence-corrected chi connectivity index (χ4v) is 5.82. The van der Waals surface area contributed by atoms with Gasteiger partial charge in [-0.25, -0.2) is 8.78 Å². The number of rotatable bonds is 12. The Hall–Kier alpha value is -5.21. The third-order valence-corrected chi connectivity index (χ3v) is 8.25. The molecule has 8 nitrogen and oxygen atoms in total. The Balaban J connectivity index is 1.39. The summed E-state index contributed by atoms with van der Waals surface area (Å²) in [4.78, 5) is 34.0. The van der Waals surface area contributed by atoms with Crippen LogP contribution in [0.5, 0.6) is 5.75 Å². The number of hydrogen-bond acceptors (Lipinski definition) is 5. The summed E-state index contributed by atoms with van der Waals surface area (Å²) in [7, 11) is 3.42. The van der Waals surface area contributed by atoms with E-state index in [0.717, 1.165) is 32.7 Å².